The number of ether oxygens (including phenoxy) is 1. The number of hydrogen-bond acceptors (Lipinski definition) is 5. The van der Waals surface area contributed by atoms with Crippen LogP contribution in [0.2, 0.25) is 0 Å². The highest BCUT2D eigenvalue weighted by Crippen LogP contribution is 2.24. The zero-order valence-electron chi connectivity index (χ0n) is 14.7. The lowest BCUT2D eigenvalue weighted by molar-refractivity contribution is 0.0735. The van der Waals surface area contributed by atoms with Gasteiger partial charge in [-0.2, -0.15) is 5.26 Å². The van der Waals surface area contributed by atoms with E-state index < -0.39 is 5.97 Å². The summed E-state index contributed by atoms with van der Waals surface area (Å²) in [6, 6.07) is 23.6. The predicted octanol–water partition coefficient (Wildman–Crippen LogP) is 5.10. The number of nitrogens with zero attached hydrogens (tertiary/aromatic N) is 2. The predicted molar refractivity (Wildman–Crippen MR) is 103 cm³/mol. The van der Waals surface area contributed by atoms with Crippen molar-refractivity contribution in [2.45, 2.75) is 0 Å². The molecule has 0 N–H and O–H groups in total. The Bertz CT molecular complexity index is 1120. The van der Waals surface area contributed by atoms with E-state index >= 15 is 0 Å². The average molecular weight is 366 g/mol. The molecule has 0 spiro atoms. The van der Waals surface area contributed by atoms with E-state index in [2.05, 4.69) is 11.1 Å². The van der Waals surface area contributed by atoms with Crippen molar-refractivity contribution in [3.63, 3.8) is 0 Å². The van der Waals surface area contributed by atoms with Crippen molar-refractivity contribution in [2.75, 3.05) is 0 Å². The summed E-state index contributed by atoms with van der Waals surface area (Å²) >= 11 is 0. The molecule has 0 aliphatic rings. The standard InChI is InChI=1S/C23H14N2O3/c24-13-16-1-3-17(4-2-16)18-9-11-21(12-10-18)28-23(26)20-7-5-19(6-8-20)22-14-25-15-27-22/h1-12,14-15H. The number of benzene rings is 3. The Kier molecular flexibility index (Phi) is 4.68. The molecule has 0 atom stereocenters. The van der Waals surface area contributed by atoms with Crippen LogP contribution < -0.4 is 4.74 Å². The lowest BCUT2D eigenvalue weighted by Gasteiger charge is -2.07. The van der Waals surface area contributed by atoms with Crippen LogP contribution in [0.4, 0.5) is 0 Å². The van der Waals surface area contributed by atoms with E-state index in [1.54, 1.807) is 54.7 Å². The smallest absolute Gasteiger partial charge is 0.343 e. The SMILES string of the molecule is N#Cc1ccc(-c2ccc(OC(=O)c3ccc(-c4cnco4)cc3)cc2)cc1. The van der Waals surface area contributed by atoms with Crippen molar-refractivity contribution >= 4 is 5.97 Å². The van der Waals surface area contributed by atoms with Crippen LogP contribution in [-0.2, 0) is 0 Å². The first-order valence-electron chi connectivity index (χ1n) is 8.54. The molecule has 0 amide bonds. The largest absolute Gasteiger partial charge is 0.444 e. The van der Waals surface area contributed by atoms with Gasteiger partial charge in [0.2, 0.25) is 0 Å². The minimum Gasteiger partial charge on any atom is -0.444 e. The van der Waals surface area contributed by atoms with Crippen LogP contribution in [0.5, 0.6) is 5.75 Å². The minimum atomic E-state index is -0.435. The van der Waals surface area contributed by atoms with Gasteiger partial charge in [-0.05, 0) is 47.5 Å². The van der Waals surface area contributed by atoms with Gasteiger partial charge in [0.05, 0.1) is 23.4 Å². The minimum absolute atomic E-state index is 0.435. The third kappa shape index (κ3) is 3.67. The van der Waals surface area contributed by atoms with Crippen LogP contribution in [0, 0.1) is 11.3 Å². The summed E-state index contributed by atoms with van der Waals surface area (Å²) in [7, 11) is 0. The summed E-state index contributed by atoms with van der Waals surface area (Å²) in [5.74, 6) is 0.662. The second-order valence-corrected chi connectivity index (χ2v) is 6.05. The fraction of sp³-hybridized carbons (Fsp3) is 0. The highest BCUT2D eigenvalue weighted by atomic mass is 16.5. The van der Waals surface area contributed by atoms with Gasteiger partial charge in [-0.1, -0.05) is 36.4 Å². The molecule has 3 aromatic carbocycles. The van der Waals surface area contributed by atoms with E-state index in [1.807, 2.05) is 24.3 Å². The Hall–Kier alpha value is -4.17. The van der Waals surface area contributed by atoms with E-state index in [-0.39, 0.29) is 0 Å². The quantitative estimate of drug-likeness (QED) is 0.371. The number of esters is 1. The van der Waals surface area contributed by atoms with Crippen molar-refractivity contribution < 1.29 is 13.9 Å². The van der Waals surface area contributed by atoms with Gasteiger partial charge in [0.15, 0.2) is 12.2 Å². The fourth-order valence-electron chi connectivity index (χ4n) is 2.75. The van der Waals surface area contributed by atoms with E-state index in [9.17, 15) is 4.79 Å². The van der Waals surface area contributed by atoms with Gasteiger partial charge in [0.1, 0.15) is 5.75 Å². The van der Waals surface area contributed by atoms with E-state index in [0.29, 0.717) is 22.6 Å². The molecule has 0 unspecified atom stereocenters. The topological polar surface area (TPSA) is 76.1 Å². The number of carbonyl (C=O) groups is 1. The van der Waals surface area contributed by atoms with Gasteiger partial charge in [0, 0.05) is 5.56 Å². The molecule has 134 valence electrons. The summed E-state index contributed by atoms with van der Waals surface area (Å²) in [6.07, 6.45) is 2.97. The highest BCUT2D eigenvalue weighted by molar-refractivity contribution is 5.91. The van der Waals surface area contributed by atoms with Gasteiger partial charge in [-0.15, -0.1) is 0 Å². The number of rotatable bonds is 4. The summed E-state index contributed by atoms with van der Waals surface area (Å²) in [5, 5.41) is 8.87. The van der Waals surface area contributed by atoms with Crippen LogP contribution in [-0.4, -0.2) is 11.0 Å². The van der Waals surface area contributed by atoms with Crippen molar-refractivity contribution in [3.05, 3.63) is 96.5 Å². The lowest BCUT2D eigenvalue weighted by Crippen LogP contribution is -2.08. The van der Waals surface area contributed by atoms with Gasteiger partial charge in [-0.3, -0.25) is 0 Å². The Morgan fingerprint density at radius 2 is 1.46 bits per heavy atom. The molecule has 0 aliphatic heterocycles. The van der Waals surface area contributed by atoms with Gasteiger partial charge >= 0.3 is 5.97 Å². The lowest BCUT2D eigenvalue weighted by atomic mass is 10.0. The molecule has 0 saturated carbocycles. The molecule has 0 radical (unpaired) electrons. The van der Waals surface area contributed by atoms with E-state index in [0.717, 1.165) is 16.7 Å². The van der Waals surface area contributed by atoms with Crippen LogP contribution in [0.25, 0.3) is 22.5 Å². The first-order chi connectivity index (χ1) is 13.7. The Labute approximate surface area is 161 Å². The molecule has 0 bridgehead atoms. The van der Waals surface area contributed by atoms with Crippen LogP contribution in [0.1, 0.15) is 15.9 Å². The zero-order chi connectivity index (χ0) is 19.3. The number of hydrogen-bond donors (Lipinski definition) is 0. The average Bonchev–Trinajstić information content (AvgIpc) is 3.29. The number of aromatic nitrogens is 1. The summed E-state index contributed by atoms with van der Waals surface area (Å²) in [6.45, 7) is 0. The molecule has 4 aromatic rings. The summed E-state index contributed by atoms with van der Waals surface area (Å²) < 4.78 is 10.7. The molecule has 1 aromatic heterocycles. The molecule has 0 fully saturated rings. The molecule has 0 saturated heterocycles. The second-order valence-electron chi connectivity index (χ2n) is 6.05. The maximum absolute atomic E-state index is 12.3. The second kappa shape index (κ2) is 7.60. The molecule has 4 rings (SSSR count). The van der Waals surface area contributed by atoms with E-state index in [1.165, 1.54) is 6.39 Å². The monoisotopic (exact) mass is 366 g/mol. The first-order valence-corrected chi connectivity index (χ1v) is 8.54. The fourth-order valence-corrected chi connectivity index (χ4v) is 2.75. The van der Waals surface area contributed by atoms with Gasteiger partial charge in [-0.25, -0.2) is 9.78 Å². The van der Waals surface area contributed by atoms with Gasteiger partial charge < -0.3 is 9.15 Å². The van der Waals surface area contributed by atoms with Crippen molar-refractivity contribution in [1.29, 1.82) is 5.26 Å². The Balaban J connectivity index is 1.45. The number of nitriles is 1. The van der Waals surface area contributed by atoms with Crippen molar-refractivity contribution in [1.82, 2.24) is 4.98 Å². The third-order valence-corrected chi connectivity index (χ3v) is 4.25. The Morgan fingerprint density at radius 1 is 0.857 bits per heavy atom. The van der Waals surface area contributed by atoms with Crippen LogP contribution >= 0.6 is 0 Å². The molecular weight excluding hydrogens is 352 g/mol. The maximum Gasteiger partial charge on any atom is 0.343 e. The maximum atomic E-state index is 12.3. The molecule has 5 heteroatoms. The Morgan fingerprint density at radius 3 is 2.04 bits per heavy atom. The third-order valence-electron chi connectivity index (χ3n) is 4.25. The zero-order valence-corrected chi connectivity index (χ0v) is 14.7. The summed E-state index contributed by atoms with van der Waals surface area (Å²) in [4.78, 5) is 16.2. The van der Waals surface area contributed by atoms with Crippen LogP contribution in [0.15, 0.2) is 89.8 Å². The summed E-state index contributed by atoms with van der Waals surface area (Å²) in [5.41, 5.74) is 3.85. The van der Waals surface area contributed by atoms with E-state index in [4.69, 9.17) is 14.4 Å². The number of carbonyl (C=O) groups excluding carboxylic acids is 1. The number of oxazole rings is 1. The molecule has 5 nitrogen and oxygen atoms in total. The molecule has 28 heavy (non-hydrogen) atoms. The van der Waals surface area contributed by atoms with Crippen molar-refractivity contribution in [3.8, 4) is 34.3 Å². The van der Waals surface area contributed by atoms with Crippen LogP contribution in [0.3, 0.4) is 0 Å². The van der Waals surface area contributed by atoms with Crippen molar-refractivity contribution in [2.24, 2.45) is 0 Å². The van der Waals surface area contributed by atoms with Gasteiger partial charge in [0.25, 0.3) is 0 Å². The normalized spacial score (nSPS) is 10.2. The molecule has 1 heterocycles. The molecule has 0 aliphatic carbocycles. The first kappa shape index (κ1) is 17.3. The molecular formula is C23H14N2O3. The highest BCUT2D eigenvalue weighted by Gasteiger charge is 2.10.